The minimum Gasteiger partial charge on any atom is -0.273 e. The van der Waals surface area contributed by atoms with Crippen molar-refractivity contribution < 1.29 is 4.79 Å². The molecule has 3 nitrogen and oxygen atoms in total. The van der Waals surface area contributed by atoms with E-state index in [9.17, 15) is 4.79 Å². The van der Waals surface area contributed by atoms with E-state index in [4.69, 9.17) is 11.6 Å². The molecule has 1 heterocycles. The quantitative estimate of drug-likeness (QED) is 0.472. The van der Waals surface area contributed by atoms with Gasteiger partial charge in [0.25, 0.3) is 0 Å². The highest BCUT2D eigenvalue weighted by atomic mass is 35.5. The van der Waals surface area contributed by atoms with Gasteiger partial charge in [0.15, 0.2) is 0 Å². The van der Waals surface area contributed by atoms with Crippen LogP contribution in [0.2, 0.25) is 5.02 Å². The van der Waals surface area contributed by atoms with Crippen LogP contribution in [0.1, 0.15) is 22.9 Å². The predicted octanol–water partition coefficient (Wildman–Crippen LogP) is 4.51. The summed E-state index contributed by atoms with van der Waals surface area (Å²) in [5.41, 5.74) is 4.65. The number of hydrazone groups is 1. The maximum absolute atomic E-state index is 12.0. The summed E-state index contributed by atoms with van der Waals surface area (Å²) in [7, 11) is 0. The van der Waals surface area contributed by atoms with Crippen molar-refractivity contribution in [2.75, 3.05) is 5.75 Å². The number of benzene rings is 1. The molecule has 0 aliphatic carbocycles. The van der Waals surface area contributed by atoms with Gasteiger partial charge in [-0.05, 0) is 53.4 Å². The molecule has 116 valence electrons. The van der Waals surface area contributed by atoms with Crippen molar-refractivity contribution >= 4 is 46.8 Å². The number of nitrogens with one attached hydrogen (secondary N) is 1. The highest BCUT2D eigenvalue weighted by Crippen LogP contribution is 2.26. The van der Waals surface area contributed by atoms with E-state index in [1.54, 1.807) is 29.3 Å². The van der Waals surface area contributed by atoms with Crippen LogP contribution in [0.3, 0.4) is 0 Å². The van der Waals surface area contributed by atoms with Crippen molar-refractivity contribution in [2.45, 2.75) is 25.2 Å². The smallest absolute Gasteiger partial charge is 0.244 e. The minimum absolute atomic E-state index is 0.148. The zero-order valence-corrected chi connectivity index (χ0v) is 14.8. The molecule has 0 saturated carbocycles. The molecule has 1 amide bonds. The summed E-state index contributed by atoms with van der Waals surface area (Å²) in [6.07, 6.45) is 1.95. The van der Waals surface area contributed by atoms with Gasteiger partial charge in [-0.2, -0.15) is 5.10 Å². The molecule has 0 atom stereocenters. The van der Waals surface area contributed by atoms with Gasteiger partial charge in [-0.15, -0.1) is 23.1 Å². The molecule has 0 spiro atoms. The topological polar surface area (TPSA) is 41.5 Å². The third-order valence-corrected chi connectivity index (χ3v) is 5.13. The second-order valence-electron chi connectivity index (χ2n) is 4.62. The number of hydrogen-bond acceptors (Lipinski definition) is 4. The largest absolute Gasteiger partial charge is 0.273 e. The summed E-state index contributed by atoms with van der Waals surface area (Å²) in [6.45, 7) is 4.09. The molecule has 1 N–H and O–H groups in total. The van der Waals surface area contributed by atoms with Gasteiger partial charge >= 0.3 is 0 Å². The molecule has 0 fully saturated rings. The number of thiophene rings is 1. The number of amides is 1. The third kappa shape index (κ3) is 4.87. The van der Waals surface area contributed by atoms with E-state index in [1.807, 2.05) is 36.6 Å². The molecular weight excluding hydrogens is 336 g/mol. The summed E-state index contributed by atoms with van der Waals surface area (Å²) < 4.78 is 0. The Hall–Kier alpha value is -1.30. The molecule has 0 radical (unpaired) electrons. The molecule has 1 aromatic carbocycles. The van der Waals surface area contributed by atoms with Crippen LogP contribution in [0, 0.1) is 6.92 Å². The zero-order valence-electron chi connectivity index (χ0n) is 12.4. The summed E-state index contributed by atoms with van der Waals surface area (Å²) in [5.74, 6) is 0.803. The number of rotatable bonds is 6. The van der Waals surface area contributed by atoms with Crippen LogP contribution in [-0.2, 0) is 11.2 Å². The van der Waals surface area contributed by atoms with E-state index in [0.29, 0.717) is 5.02 Å². The summed E-state index contributed by atoms with van der Waals surface area (Å²) in [6, 6.07) is 7.66. The fourth-order valence-electron chi connectivity index (χ4n) is 1.87. The first kappa shape index (κ1) is 17.1. The maximum atomic E-state index is 12.0. The Kier molecular flexibility index (Phi) is 6.49. The van der Waals surface area contributed by atoms with Crippen LogP contribution >= 0.6 is 34.7 Å². The monoisotopic (exact) mass is 352 g/mol. The average Bonchev–Trinajstić information content (AvgIpc) is 2.88. The van der Waals surface area contributed by atoms with Gasteiger partial charge in [-0.3, -0.25) is 4.79 Å². The standard InChI is InChI=1S/C16H17ClN2OS2/c1-3-21-14-5-4-13(17)8-12(14)9-16(20)19-18-10-15-11(2)6-7-22-15/h4-8,10H,3,9H2,1-2H3,(H,19,20)/b18-10-. The molecule has 6 heteroatoms. The van der Waals surface area contributed by atoms with Crippen molar-refractivity contribution in [2.24, 2.45) is 5.10 Å². The minimum atomic E-state index is -0.148. The van der Waals surface area contributed by atoms with Crippen LogP contribution in [0.15, 0.2) is 39.6 Å². The molecule has 0 saturated heterocycles. The fraction of sp³-hybridized carbons (Fsp3) is 0.250. The first-order chi connectivity index (χ1) is 10.6. The van der Waals surface area contributed by atoms with E-state index >= 15 is 0 Å². The Morgan fingerprint density at radius 2 is 2.27 bits per heavy atom. The van der Waals surface area contributed by atoms with Crippen molar-refractivity contribution in [1.82, 2.24) is 5.43 Å². The van der Waals surface area contributed by atoms with Gasteiger partial charge in [0.05, 0.1) is 12.6 Å². The normalized spacial score (nSPS) is 11.0. The molecule has 22 heavy (non-hydrogen) atoms. The number of aryl methyl sites for hydroxylation is 1. The highest BCUT2D eigenvalue weighted by Gasteiger charge is 2.08. The van der Waals surface area contributed by atoms with E-state index in [-0.39, 0.29) is 12.3 Å². The van der Waals surface area contributed by atoms with Crippen LogP contribution in [-0.4, -0.2) is 17.9 Å². The van der Waals surface area contributed by atoms with Crippen LogP contribution < -0.4 is 5.43 Å². The van der Waals surface area contributed by atoms with Crippen molar-refractivity contribution in [3.8, 4) is 0 Å². The summed E-state index contributed by atoms with van der Waals surface area (Å²) >= 11 is 9.32. The Labute approximate surface area is 143 Å². The van der Waals surface area contributed by atoms with Gasteiger partial charge in [-0.1, -0.05) is 18.5 Å². The molecule has 0 aliphatic heterocycles. The van der Waals surface area contributed by atoms with Crippen LogP contribution in [0.5, 0.6) is 0 Å². The molecule has 0 unspecified atom stereocenters. The first-order valence-corrected chi connectivity index (χ1v) is 9.11. The Bertz CT molecular complexity index is 683. The lowest BCUT2D eigenvalue weighted by Crippen LogP contribution is -2.20. The van der Waals surface area contributed by atoms with Gasteiger partial charge in [0.2, 0.25) is 5.91 Å². The van der Waals surface area contributed by atoms with E-state index in [0.717, 1.165) is 26.7 Å². The lowest BCUT2D eigenvalue weighted by Gasteiger charge is -2.08. The second-order valence-corrected chi connectivity index (χ2v) is 7.31. The summed E-state index contributed by atoms with van der Waals surface area (Å²) in [4.78, 5) is 14.1. The number of nitrogens with zero attached hydrogens (tertiary/aromatic N) is 1. The number of thioether (sulfide) groups is 1. The lowest BCUT2D eigenvalue weighted by atomic mass is 10.1. The molecule has 2 aromatic rings. The van der Waals surface area contributed by atoms with Crippen molar-refractivity contribution in [3.63, 3.8) is 0 Å². The molecular formula is C16H17ClN2OS2. The van der Waals surface area contributed by atoms with Gasteiger partial charge in [0, 0.05) is 14.8 Å². The lowest BCUT2D eigenvalue weighted by molar-refractivity contribution is -0.120. The van der Waals surface area contributed by atoms with E-state index in [2.05, 4.69) is 17.5 Å². The highest BCUT2D eigenvalue weighted by molar-refractivity contribution is 7.99. The predicted molar refractivity (Wildman–Crippen MR) is 96.3 cm³/mol. The third-order valence-electron chi connectivity index (χ3n) is 2.95. The Morgan fingerprint density at radius 1 is 1.45 bits per heavy atom. The average molecular weight is 353 g/mol. The van der Waals surface area contributed by atoms with Crippen molar-refractivity contribution in [3.05, 3.63) is 50.7 Å². The van der Waals surface area contributed by atoms with E-state index in [1.165, 1.54) is 0 Å². The molecule has 2 rings (SSSR count). The SMILES string of the molecule is CCSc1ccc(Cl)cc1CC(=O)N/N=C\c1sccc1C. The Balaban J connectivity index is 1.98. The van der Waals surface area contributed by atoms with Gasteiger partial charge in [-0.25, -0.2) is 5.43 Å². The van der Waals surface area contributed by atoms with Crippen LogP contribution in [0.4, 0.5) is 0 Å². The van der Waals surface area contributed by atoms with Crippen molar-refractivity contribution in [1.29, 1.82) is 0 Å². The first-order valence-electron chi connectivity index (χ1n) is 6.87. The fourth-order valence-corrected chi connectivity index (χ4v) is 3.65. The number of carbonyl (C=O) groups excluding carboxylic acids is 1. The summed E-state index contributed by atoms with van der Waals surface area (Å²) in [5, 5.41) is 6.65. The Morgan fingerprint density at radius 3 is 2.95 bits per heavy atom. The molecule has 1 aromatic heterocycles. The molecule has 0 aliphatic rings. The van der Waals surface area contributed by atoms with Gasteiger partial charge < -0.3 is 0 Å². The maximum Gasteiger partial charge on any atom is 0.244 e. The van der Waals surface area contributed by atoms with Gasteiger partial charge in [0.1, 0.15) is 0 Å². The molecule has 0 bridgehead atoms. The van der Waals surface area contributed by atoms with Crippen LogP contribution in [0.25, 0.3) is 0 Å². The number of carbonyl (C=O) groups is 1. The van der Waals surface area contributed by atoms with E-state index < -0.39 is 0 Å². The number of halogens is 1. The number of hydrogen-bond donors (Lipinski definition) is 1. The second kappa shape index (κ2) is 8.36. The zero-order chi connectivity index (χ0) is 15.9.